The number of hydrogen-bond acceptors (Lipinski definition) is 1. The minimum atomic E-state index is -0.345. The van der Waals surface area contributed by atoms with Crippen LogP contribution in [0.15, 0.2) is 28.7 Å². The van der Waals surface area contributed by atoms with Crippen LogP contribution in [-0.4, -0.2) is 6.29 Å². The minimum absolute atomic E-state index is 0.345. The first-order chi connectivity index (χ1) is 5.75. The lowest BCUT2D eigenvalue weighted by atomic mass is 10.2. The van der Waals surface area contributed by atoms with Crippen molar-refractivity contribution in [3.63, 3.8) is 0 Å². The Bertz CT molecular complexity index is 300. The summed E-state index contributed by atoms with van der Waals surface area (Å²) in [5.41, 5.74) is 0.393. The summed E-state index contributed by atoms with van der Waals surface area (Å²) >= 11 is 3.17. The van der Waals surface area contributed by atoms with E-state index in [1.165, 1.54) is 18.2 Å². The second-order valence-corrected chi connectivity index (χ2v) is 2.98. The van der Waals surface area contributed by atoms with Crippen LogP contribution in [0.5, 0.6) is 0 Å². The number of rotatable bonds is 2. The Morgan fingerprint density at radius 3 is 2.75 bits per heavy atom. The lowest BCUT2D eigenvalue weighted by Gasteiger charge is -1.97. The number of carbonyl (C=O) groups excluding carboxylic acids is 1. The Morgan fingerprint density at radius 2 is 2.17 bits per heavy atom. The third kappa shape index (κ3) is 2.01. The van der Waals surface area contributed by atoms with Crippen LogP contribution < -0.4 is 0 Å². The van der Waals surface area contributed by atoms with Crippen molar-refractivity contribution in [2.24, 2.45) is 0 Å². The van der Waals surface area contributed by atoms with Gasteiger partial charge in [0.1, 0.15) is 12.1 Å². The lowest BCUT2D eigenvalue weighted by Crippen LogP contribution is -1.82. The van der Waals surface area contributed by atoms with Crippen molar-refractivity contribution in [3.05, 3.63) is 40.1 Å². The maximum Gasteiger partial charge on any atom is 0.142 e. The summed E-state index contributed by atoms with van der Waals surface area (Å²) in [6, 6.07) is 4.65. The van der Waals surface area contributed by atoms with E-state index >= 15 is 0 Å². The van der Waals surface area contributed by atoms with E-state index in [2.05, 4.69) is 15.9 Å². The molecule has 1 aromatic rings. The molecule has 0 atom stereocenters. The molecule has 0 saturated heterocycles. The van der Waals surface area contributed by atoms with Gasteiger partial charge in [-0.1, -0.05) is 22.0 Å². The molecule has 0 fully saturated rings. The summed E-state index contributed by atoms with van der Waals surface area (Å²) < 4.78 is 13.6. The molecule has 0 aliphatic carbocycles. The second kappa shape index (κ2) is 4.16. The fraction of sp³-hybridized carbons (Fsp3) is 0. The zero-order valence-corrected chi connectivity index (χ0v) is 7.71. The molecule has 0 heterocycles. The maximum absolute atomic E-state index is 13.0. The van der Waals surface area contributed by atoms with Crippen molar-refractivity contribution < 1.29 is 9.18 Å². The van der Waals surface area contributed by atoms with Crippen LogP contribution >= 0.6 is 15.9 Å². The van der Waals surface area contributed by atoms with Gasteiger partial charge < -0.3 is 0 Å². The molecule has 0 radical (unpaired) electrons. The van der Waals surface area contributed by atoms with Gasteiger partial charge in [-0.15, -0.1) is 0 Å². The highest BCUT2D eigenvalue weighted by atomic mass is 79.9. The minimum Gasteiger partial charge on any atom is -0.299 e. The van der Waals surface area contributed by atoms with E-state index in [0.717, 1.165) is 0 Å². The van der Waals surface area contributed by atoms with E-state index in [1.807, 2.05) is 0 Å². The molecule has 12 heavy (non-hydrogen) atoms. The first kappa shape index (κ1) is 9.13. The highest BCUT2D eigenvalue weighted by molar-refractivity contribution is 9.10. The third-order valence-corrected chi connectivity index (χ3v) is 2.03. The number of hydrogen-bond donors (Lipinski definition) is 0. The summed E-state index contributed by atoms with van der Waals surface area (Å²) in [5, 5.41) is 0. The Balaban J connectivity index is 3.12. The number of carbonyl (C=O) groups is 1. The molecule has 62 valence electrons. The average molecular weight is 229 g/mol. The molecule has 1 aromatic carbocycles. The fourth-order valence-corrected chi connectivity index (χ4v) is 1.28. The van der Waals surface area contributed by atoms with Crippen molar-refractivity contribution in [1.82, 2.24) is 0 Å². The molecule has 0 amide bonds. The van der Waals surface area contributed by atoms with E-state index in [9.17, 15) is 9.18 Å². The first-order valence-electron chi connectivity index (χ1n) is 3.31. The Morgan fingerprint density at radius 1 is 1.42 bits per heavy atom. The Labute approximate surface area is 78.0 Å². The van der Waals surface area contributed by atoms with Crippen LogP contribution in [0.25, 0.3) is 6.08 Å². The lowest BCUT2D eigenvalue weighted by molar-refractivity contribution is -0.104. The molecule has 0 aromatic heterocycles. The zero-order valence-electron chi connectivity index (χ0n) is 6.13. The number of benzene rings is 1. The molecule has 0 unspecified atom stereocenters. The van der Waals surface area contributed by atoms with Crippen molar-refractivity contribution in [1.29, 1.82) is 0 Å². The van der Waals surface area contributed by atoms with Gasteiger partial charge in [-0.05, 0) is 24.3 Å². The quantitative estimate of drug-likeness (QED) is 0.562. The van der Waals surface area contributed by atoms with E-state index in [0.29, 0.717) is 16.3 Å². The Hall–Kier alpha value is -0.960. The van der Waals surface area contributed by atoms with Gasteiger partial charge in [0.25, 0.3) is 0 Å². The van der Waals surface area contributed by atoms with Gasteiger partial charge in [0, 0.05) is 10.0 Å². The summed E-state index contributed by atoms with van der Waals surface area (Å²) in [6.45, 7) is 0. The molecule has 0 aliphatic heterocycles. The molecule has 0 saturated carbocycles. The monoisotopic (exact) mass is 228 g/mol. The normalized spacial score (nSPS) is 10.5. The van der Waals surface area contributed by atoms with Crippen LogP contribution in [0.3, 0.4) is 0 Å². The predicted octanol–water partition coefficient (Wildman–Crippen LogP) is 2.80. The van der Waals surface area contributed by atoms with Crippen LogP contribution in [0, 0.1) is 5.82 Å². The summed E-state index contributed by atoms with van der Waals surface area (Å²) in [6.07, 6.45) is 3.29. The number of allylic oxidation sites excluding steroid dienone is 1. The summed E-state index contributed by atoms with van der Waals surface area (Å²) in [7, 11) is 0. The molecule has 0 bridgehead atoms. The fourth-order valence-electron chi connectivity index (χ4n) is 0.805. The van der Waals surface area contributed by atoms with E-state index in [-0.39, 0.29) is 5.82 Å². The largest absolute Gasteiger partial charge is 0.299 e. The number of aldehydes is 1. The topological polar surface area (TPSA) is 17.1 Å². The Kier molecular flexibility index (Phi) is 3.17. The molecule has 0 aliphatic rings. The molecular weight excluding hydrogens is 223 g/mol. The van der Waals surface area contributed by atoms with Crippen LogP contribution in [-0.2, 0) is 4.79 Å². The van der Waals surface area contributed by atoms with E-state index in [4.69, 9.17) is 0 Å². The van der Waals surface area contributed by atoms with Gasteiger partial charge in [0.15, 0.2) is 0 Å². The molecule has 3 heteroatoms. The van der Waals surface area contributed by atoms with Crippen LogP contribution in [0.4, 0.5) is 4.39 Å². The van der Waals surface area contributed by atoms with Crippen LogP contribution in [0.2, 0.25) is 0 Å². The van der Waals surface area contributed by atoms with Gasteiger partial charge in [-0.3, -0.25) is 4.79 Å². The highest BCUT2D eigenvalue weighted by Gasteiger charge is 2.00. The number of halogens is 2. The van der Waals surface area contributed by atoms with Gasteiger partial charge in [0.2, 0.25) is 0 Å². The van der Waals surface area contributed by atoms with Crippen molar-refractivity contribution in [2.45, 2.75) is 0 Å². The highest BCUT2D eigenvalue weighted by Crippen LogP contribution is 2.20. The van der Waals surface area contributed by atoms with Gasteiger partial charge >= 0.3 is 0 Å². The van der Waals surface area contributed by atoms with Crippen molar-refractivity contribution >= 4 is 28.3 Å². The molecule has 0 N–H and O–H groups in total. The molecule has 1 nitrogen and oxygen atoms in total. The standard InChI is InChI=1S/C9H6BrFO/c10-8-4-1-5-9(11)7(8)3-2-6-12/h1-6H/b3-2+. The maximum atomic E-state index is 13.0. The predicted molar refractivity (Wildman–Crippen MR) is 49.2 cm³/mol. The van der Waals surface area contributed by atoms with Crippen LogP contribution in [0.1, 0.15) is 5.56 Å². The smallest absolute Gasteiger partial charge is 0.142 e. The van der Waals surface area contributed by atoms with E-state index < -0.39 is 0 Å². The third-order valence-electron chi connectivity index (χ3n) is 1.34. The zero-order chi connectivity index (χ0) is 8.97. The molecule has 1 rings (SSSR count). The average Bonchev–Trinajstić information content (AvgIpc) is 2.04. The van der Waals surface area contributed by atoms with Crippen molar-refractivity contribution in [2.75, 3.05) is 0 Å². The van der Waals surface area contributed by atoms with E-state index in [1.54, 1.807) is 12.1 Å². The van der Waals surface area contributed by atoms with Gasteiger partial charge in [-0.2, -0.15) is 0 Å². The molecule has 0 spiro atoms. The van der Waals surface area contributed by atoms with Crippen molar-refractivity contribution in [3.8, 4) is 0 Å². The summed E-state index contributed by atoms with van der Waals surface area (Å²) in [5.74, 6) is -0.345. The van der Waals surface area contributed by atoms with Gasteiger partial charge in [-0.25, -0.2) is 4.39 Å². The second-order valence-electron chi connectivity index (χ2n) is 2.13. The first-order valence-corrected chi connectivity index (χ1v) is 4.11. The SMILES string of the molecule is O=C/C=C/c1c(F)cccc1Br. The molecular formula is C9H6BrFO. The van der Waals surface area contributed by atoms with Gasteiger partial charge in [0.05, 0.1) is 0 Å². The summed E-state index contributed by atoms with van der Waals surface area (Å²) in [4.78, 5) is 9.98.